The van der Waals surface area contributed by atoms with Crippen LogP contribution in [0.15, 0.2) is 0 Å². The van der Waals surface area contributed by atoms with Gasteiger partial charge in [0, 0.05) is 0 Å². The zero-order valence-electron chi connectivity index (χ0n) is 5.98. The lowest BCUT2D eigenvalue weighted by Crippen LogP contribution is -2.23. The van der Waals surface area contributed by atoms with Crippen LogP contribution in [0.5, 0.6) is 0 Å². The monoisotopic (exact) mass is 112 g/mol. The van der Waals surface area contributed by atoms with Gasteiger partial charge in [0.25, 0.3) is 0 Å². The summed E-state index contributed by atoms with van der Waals surface area (Å²) in [5.74, 6) is 2.19. The summed E-state index contributed by atoms with van der Waals surface area (Å²) in [4.78, 5) is 0. The summed E-state index contributed by atoms with van der Waals surface area (Å²) in [6.07, 6.45) is 5.85. The molecule has 0 amide bonds. The normalized spacial score (nSPS) is 36.8. The zero-order valence-corrected chi connectivity index (χ0v) is 5.98. The molecule has 0 heterocycles. The van der Waals surface area contributed by atoms with Gasteiger partial charge in [-0.15, -0.1) is 0 Å². The van der Waals surface area contributed by atoms with E-state index in [1.165, 1.54) is 25.7 Å². The molecule has 0 radical (unpaired) electrons. The van der Waals surface area contributed by atoms with Gasteiger partial charge in [0.1, 0.15) is 0 Å². The van der Waals surface area contributed by atoms with Crippen LogP contribution in [0.2, 0.25) is 0 Å². The summed E-state index contributed by atoms with van der Waals surface area (Å²) in [7, 11) is 0. The molecule has 0 aromatic heterocycles. The molecule has 1 aliphatic rings. The van der Waals surface area contributed by atoms with Crippen molar-refractivity contribution in [2.24, 2.45) is 11.8 Å². The van der Waals surface area contributed by atoms with Crippen molar-refractivity contribution in [3.63, 3.8) is 0 Å². The highest BCUT2D eigenvalue weighted by Crippen LogP contribution is 2.38. The first-order chi connectivity index (χ1) is 3.88. The molecule has 0 unspecified atom stereocenters. The Balaban J connectivity index is 2.16. The van der Waals surface area contributed by atoms with Crippen molar-refractivity contribution >= 4 is 0 Å². The maximum absolute atomic E-state index is 2.31. The predicted octanol–water partition coefficient (Wildman–Crippen LogP) is 2.83. The van der Waals surface area contributed by atoms with E-state index in [-0.39, 0.29) is 0 Å². The molecule has 8 heavy (non-hydrogen) atoms. The second-order valence-electron chi connectivity index (χ2n) is 2.91. The van der Waals surface area contributed by atoms with Crippen molar-refractivity contribution in [3.8, 4) is 0 Å². The van der Waals surface area contributed by atoms with E-state index in [4.69, 9.17) is 0 Å². The molecule has 1 rings (SSSR count). The van der Waals surface area contributed by atoms with Gasteiger partial charge in [-0.25, -0.2) is 0 Å². The summed E-state index contributed by atoms with van der Waals surface area (Å²) >= 11 is 0. The zero-order chi connectivity index (χ0) is 5.98. The number of hydrogen-bond donors (Lipinski definition) is 0. The molecule has 48 valence electrons. The van der Waals surface area contributed by atoms with Gasteiger partial charge in [-0.05, 0) is 24.7 Å². The standard InChI is InChI=1S/C8H16/c1-3-7-5-6-8(7)4-2/h7-8H,3-6H2,1-2H3/t7-,8+. The fourth-order valence-corrected chi connectivity index (χ4v) is 1.71. The van der Waals surface area contributed by atoms with E-state index < -0.39 is 0 Å². The third-order valence-corrected chi connectivity index (χ3v) is 2.62. The Morgan fingerprint density at radius 2 is 1.38 bits per heavy atom. The number of rotatable bonds is 2. The van der Waals surface area contributed by atoms with Crippen LogP contribution >= 0.6 is 0 Å². The van der Waals surface area contributed by atoms with Crippen molar-refractivity contribution in [2.45, 2.75) is 39.5 Å². The topological polar surface area (TPSA) is 0 Å². The van der Waals surface area contributed by atoms with Crippen LogP contribution in [0.3, 0.4) is 0 Å². The molecule has 0 aliphatic heterocycles. The first kappa shape index (κ1) is 6.12. The minimum absolute atomic E-state index is 1.10. The van der Waals surface area contributed by atoms with E-state index in [2.05, 4.69) is 13.8 Å². The predicted molar refractivity (Wildman–Crippen MR) is 36.8 cm³/mol. The smallest absolute Gasteiger partial charge is 0.0388 e. The van der Waals surface area contributed by atoms with Crippen LogP contribution < -0.4 is 0 Å². The Morgan fingerprint density at radius 1 is 1.00 bits per heavy atom. The van der Waals surface area contributed by atoms with Crippen LogP contribution in [-0.2, 0) is 0 Å². The van der Waals surface area contributed by atoms with E-state index in [0.717, 1.165) is 11.8 Å². The lowest BCUT2D eigenvalue weighted by molar-refractivity contribution is 0.165. The average molecular weight is 112 g/mol. The minimum atomic E-state index is 1.10. The highest BCUT2D eigenvalue weighted by molar-refractivity contribution is 4.77. The van der Waals surface area contributed by atoms with Gasteiger partial charge in [0.15, 0.2) is 0 Å². The quantitative estimate of drug-likeness (QED) is 0.515. The molecular weight excluding hydrogens is 96.1 g/mol. The van der Waals surface area contributed by atoms with Crippen molar-refractivity contribution in [1.29, 1.82) is 0 Å². The van der Waals surface area contributed by atoms with E-state index in [1.807, 2.05) is 0 Å². The van der Waals surface area contributed by atoms with Crippen molar-refractivity contribution in [1.82, 2.24) is 0 Å². The second kappa shape index (κ2) is 2.52. The van der Waals surface area contributed by atoms with Crippen LogP contribution in [0.4, 0.5) is 0 Å². The summed E-state index contributed by atoms with van der Waals surface area (Å²) in [5.41, 5.74) is 0. The largest absolute Gasteiger partial charge is 0.0651 e. The molecule has 0 nitrogen and oxygen atoms in total. The van der Waals surface area contributed by atoms with E-state index >= 15 is 0 Å². The van der Waals surface area contributed by atoms with Crippen LogP contribution in [0, 0.1) is 11.8 Å². The van der Waals surface area contributed by atoms with E-state index in [9.17, 15) is 0 Å². The van der Waals surface area contributed by atoms with Gasteiger partial charge in [0.05, 0.1) is 0 Å². The molecule has 1 saturated carbocycles. The molecule has 0 aromatic rings. The fourth-order valence-electron chi connectivity index (χ4n) is 1.71. The van der Waals surface area contributed by atoms with Crippen molar-refractivity contribution in [3.05, 3.63) is 0 Å². The molecule has 0 bridgehead atoms. The lowest BCUT2D eigenvalue weighted by atomic mass is 9.71. The summed E-state index contributed by atoms with van der Waals surface area (Å²) < 4.78 is 0. The average Bonchev–Trinajstić information content (AvgIpc) is 1.66. The Hall–Kier alpha value is 0. The Bertz CT molecular complexity index is 52.4. The molecule has 1 aliphatic carbocycles. The van der Waals surface area contributed by atoms with Gasteiger partial charge < -0.3 is 0 Å². The molecular formula is C8H16. The Labute approximate surface area is 52.3 Å². The third-order valence-electron chi connectivity index (χ3n) is 2.62. The molecule has 1 fully saturated rings. The highest BCUT2D eigenvalue weighted by atomic mass is 14.3. The molecule has 0 N–H and O–H groups in total. The maximum Gasteiger partial charge on any atom is -0.0388 e. The number of hydrogen-bond acceptors (Lipinski definition) is 0. The first-order valence-corrected chi connectivity index (χ1v) is 3.88. The van der Waals surface area contributed by atoms with Crippen molar-refractivity contribution < 1.29 is 0 Å². The molecule has 0 spiro atoms. The van der Waals surface area contributed by atoms with Crippen molar-refractivity contribution in [2.75, 3.05) is 0 Å². The van der Waals surface area contributed by atoms with Crippen LogP contribution in [-0.4, -0.2) is 0 Å². The maximum atomic E-state index is 2.31. The second-order valence-corrected chi connectivity index (χ2v) is 2.91. The SMILES string of the molecule is CC[C@@H]1CC[C@@H]1CC. The van der Waals surface area contributed by atoms with Crippen LogP contribution in [0.1, 0.15) is 39.5 Å². The van der Waals surface area contributed by atoms with E-state index in [1.54, 1.807) is 0 Å². The highest BCUT2D eigenvalue weighted by Gasteiger charge is 2.26. The van der Waals surface area contributed by atoms with Crippen LogP contribution in [0.25, 0.3) is 0 Å². The van der Waals surface area contributed by atoms with Gasteiger partial charge in [-0.1, -0.05) is 26.7 Å². The van der Waals surface area contributed by atoms with Gasteiger partial charge in [-0.3, -0.25) is 0 Å². The molecule has 0 aromatic carbocycles. The molecule has 2 atom stereocenters. The summed E-state index contributed by atoms with van der Waals surface area (Å²) in [6.45, 7) is 4.62. The molecule has 0 heteroatoms. The Morgan fingerprint density at radius 3 is 1.50 bits per heavy atom. The van der Waals surface area contributed by atoms with E-state index in [0.29, 0.717) is 0 Å². The van der Waals surface area contributed by atoms with Gasteiger partial charge >= 0.3 is 0 Å². The lowest BCUT2D eigenvalue weighted by Gasteiger charge is -2.35. The first-order valence-electron chi connectivity index (χ1n) is 3.88. The molecule has 0 saturated heterocycles. The minimum Gasteiger partial charge on any atom is -0.0651 e. The van der Waals surface area contributed by atoms with Gasteiger partial charge in [0.2, 0.25) is 0 Å². The third kappa shape index (κ3) is 0.888. The summed E-state index contributed by atoms with van der Waals surface area (Å²) in [6, 6.07) is 0. The Kier molecular flexibility index (Phi) is 1.93. The fraction of sp³-hybridized carbons (Fsp3) is 1.00. The summed E-state index contributed by atoms with van der Waals surface area (Å²) in [5, 5.41) is 0. The van der Waals surface area contributed by atoms with Gasteiger partial charge in [-0.2, -0.15) is 0 Å².